The Morgan fingerprint density at radius 1 is 1.40 bits per heavy atom. The fourth-order valence-corrected chi connectivity index (χ4v) is 3.29. The number of thioether (sulfide) groups is 1. The minimum atomic E-state index is -1.38. The number of hydrogen-bond donors (Lipinski definition) is 0. The number of carboxylic acid groups (broad SMARTS) is 1. The lowest BCUT2D eigenvalue weighted by Crippen LogP contribution is -2.40. The van der Waals surface area contributed by atoms with Crippen molar-refractivity contribution in [1.82, 2.24) is 4.90 Å². The lowest BCUT2D eigenvalue weighted by molar-refractivity contribution is -0.305. The molecule has 104 valence electrons. The molecule has 4 nitrogen and oxygen atoms in total. The quantitative estimate of drug-likeness (QED) is 0.618. The van der Waals surface area contributed by atoms with Crippen LogP contribution in [0.25, 0.3) is 6.08 Å². The van der Waals surface area contributed by atoms with Crippen molar-refractivity contribution in [3.63, 3.8) is 0 Å². The summed E-state index contributed by atoms with van der Waals surface area (Å²) < 4.78 is 0.161. The standard InChI is InChI=1S/C12H7Cl2NO3S2/c13-7-2-1-3-8(14)6(7)4-9-11(18)15(5-10(16)17)12(19)20-9/h1-4H,5H2,(H,16,17)/p-1/b9-4-. The summed E-state index contributed by atoms with van der Waals surface area (Å²) in [5, 5.41) is 11.4. The van der Waals surface area contributed by atoms with E-state index >= 15 is 0 Å². The Hall–Kier alpha value is -1.08. The van der Waals surface area contributed by atoms with Gasteiger partial charge in [0.2, 0.25) is 0 Å². The van der Waals surface area contributed by atoms with Gasteiger partial charge in [-0.1, -0.05) is 53.2 Å². The average Bonchev–Trinajstić information content (AvgIpc) is 2.61. The third kappa shape index (κ3) is 3.15. The fraction of sp³-hybridized carbons (Fsp3) is 0.0833. The topological polar surface area (TPSA) is 60.4 Å². The minimum absolute atomic E-state index is 0.161. The molecule has 0 bridgehead atoms. The first kappa shape index (κ1) is 15.3. The van der Waals surface area contributed by atoms with E-state index in [1.165, 1.54) is 6.08 Å². The summed E-state index contributed by atoms with van der Waals surface area (Å²) in [5.74, 6) is -1.88. The highest BCUT2D eigenvalue weighted by atomic mass is 35.5. The Morgan fingerprint density at radius 2 is 2.00 bits per heavy atom. The minimum Gasteiger partial charge on any atom is -0.548 e. The Bertz CT molecular complexity index is 625. The number of nitrogens with zero attached hydrogens (tertiary/aromatic N) is 1. The van der Waals surface area contributed by atoms with Gasteiger partial charge in [-0.05, 0) is 18.2 Å². The largest absolute Gasteiger partial charge is 0.548 e. The van der Waals surface area contributed by atoms with E-state index in [0.29, 0.717) is 15.6 Å². The molecule has 1 fully saturated rings. The number of aliphatic carboxylic acids is 1. The second-order valence-corrected chi connectivity index (χ2v) is 6.27. The Balaban J connectivity index is 2.35. The molecule has 0 aromatic heterocycles. The SMILES string of the molecule is O=C([O-])CN1C(=O)/C(=C/c2c(Cl)cccc2Cl)SC1=S. The van der Waals surface area contributed by atoms with Crippen molar-refractivity contribution in [3.8, 4) is 0 Å². The number of carbonyl (C=O) groups is 2. The number of hydrogen-bond acceptors (Lipinski definition) is 5. The first-order valence-corrected chi connectivity index (χ1v) is 7.27. The molecule has 8 heteroatoms. The normalized spacial score (nSPS) is 17.1. The van der Waals surface area contributed by atoms with E-state index < -0.39 is 18.4 Å². The lowest BCUT2D eigenvalue weighted by Gasteiger charge is -2.14. The van der Waals surface area contributed by atoms with Gasteiger partial charge in [0.25, 0.3) is 5.91 Å². The zero-order valence-corrected chi connectivity index (χ0v) is 12.9. The molecule has 0 N–H and O–H groups in total. The van der Waals surface area contributed by atoms with E-state index in [9.17, 15) is 14.7 Å². The first-order valence-electron chi connectivity index (χ1n) is 5.29. The molecule has 1 saturated heterocycles. The number of rotatable bonds is 3. The van der Waals surface area contributed by atoms with E-state index in [4.69, 9.17) is 35.4 Å². The van der Waals surface area contributed by atoms with E-state index in [1.54, 1.807) is 18.2 Å². The summed E-state index contributed by atoms with van der Waals surface area (Å²) in [4.78, 5) is 23.9. The van der Waals surface area contributed by atoms with Crippen LogP contribution in [-0.2, 0) is 9.59 Å². The molecule has 1 aliphatic rings. The van der Waals surface area contributed by atoms with Gasteiger partial charge in [0, 0.05) is 15.6 Å². The summed E-state index contributed by atoms with van der Waals surface area (Å²) in [7, 11) is 0. The molecule has 1 heterocycles. The third-order valence-corrected chi connectivity index (χ3v) is 4.47. The highest BCUT2D eigenvalue weighted by molar-refractivity contribution is 8.26. The third-order valence-electron chi connectivity index (χ3n) is 2.44. The van der Waals surface area contributed by atoms with Crippen molar-refractivity contribution in [2.45, 2.75) is 0 Å². The number of carbonyl (C=O) groups excluding carboxylic acids is 2. The monoisotopic (exact) mass is 346 g/mol. The smallest absolute Gasteiger partial charge is 0.266 e. The van der Waals surface area contributed by atoms with Gasteiger partial charge in [0.1, 0.15) is 4.32 Å². The van der Waals surface area contributed by atoms with Crippen molar-refractivity contribution in [3.05, 3.63) is 38.7 Å². The van der Waals surface area contributed by atoms with Gasteiger partial charge >= 0.3 is 0 Å². The molecule has 0 unspecified atom stereocenters. The molecule has 0 spiro atoms. The van der Waals surface area contributed by atoms with Crippen molar-refractivity contribution in [2.24, 2.45) is 0 Å². The van der Waals surface area contributed by atoms with Gasteiger partial charge in [-0.15, -0.1) is 0 Å². The van der Waals surface area contributed by atoms with Gasteiger partial charge in [0.05, 0.1) is 17.4 Å². The molecule has 1 aromatic carbocycles. The molecule has 1 aromatic rings. The maximum absolute atomic E-state index is 12.1. The summed E-state index contributed by atoms with van der Waals surface area (Å²) in [6.07, 6.45) is 1.50. The van der Waals surface area contributed by atoms with Crippen LogP contribution in [0.1, 0.15) is 5.56 Å². The molecule has 0 aliphatic carbocycles. The zero-order chi connectivity index (χ0) is 14.9. The highest BCUT2D eigenvalue weighted by Crippen LogP contribution is 2.35. The van der Waals surface area contributed by atoms with Gasteiger partial charge < -0.3 is 9.90 Å². The van der Waals surface area contributed by atoms with Crippen LogP contribution in [0.4, 0.5) is 0 Å². The predicted octanol–water partition coefficient (Wildman–Crippen LogP) is 1.94. The summed E-state index contributed by atoms with van der Waals surface area (Å²) in [5.41, 5.74) is 0.491. The average molecular weight is 347 g/mol. The van der Waals surface area contributed by atoms with Crippen molar-refractivity contribution >= 4 is 69.5 Å². The Labute approximate surface area is 134 Å². The number of benzene rings is 1. The van der Waals surface area contributed by atoms with E-state index in [2.05, 4.69) is 0 Å². The van der Waals surface area contributed by atoms with Gasteiger partial charge in [-0.3, -0.25) is 9.69 Å². The number of thiocarbonyl (C=S) groups is 1. The fourth-order valence-electron chi connectivity index (χ4n) is 1.55. The van der Waals surface area contributed by atoms with E-state index in [1.807, 2.05) is 0 Å². The molecule has 2 rings (SSSR count). The van der Waals surface area contributed by atoms with E-state index in [0.717, 1.165) is 16.7 Å². The van der Waals surface area contributed by atoms with E-state index in [-0.39, 0.29) is 9.23 Å². The molecule has 20 heavy (non-hydrogen) atoms. The molecule has 0 atom stereocenters. The molecule has 0 radical (unpaired) electrons. The maximum Gasteiger partial charge on any atom is 0.266 e. The molecular formula is C12H6Cl2NO3S2-. The summed E-state index contributed by atoms with van der Waals surface area (Å²) in [6, 6.07) is 4.96. The molecular weight excluding hydrogens is 341 g/mol. The Morgan fingerprint density at radius 3 is 2.55 bits per heavy atom. The number of carboxylic acids is 1. The van der Waals surface area contributed by atoms with Gasteiger partial charge in [-0.2, -0.15) is 0 Å². The van der Waals surface area contributed by atoms with Crippen molar-refractivity contribution in [2.75, 3.05) is 6.54 Å². The number of amides is 1. The highest BCUT2D eigenvalue weighted by Gasteiger charge is 2.32. The van der Waals surface area contributed by atoms with Crippen LogP contribution in [0.15, 0.2) is 23.1 Å². The molecule has 1 aliphatic heterocycles. The van der Waals surface area contributed by atoms with Crippen LogP contribution in [0, 0.1) is 0 Å². The summed E-state index contributed by atoms with van der Waals surface area (Å²) >= 11 is 18.0. The second kappa shape index (κ2) is 6.13. The van der Waals surface area contributed by atoms with Crippen LogP contribution in [0.5, 0.6) is 0 Å². The van der Waals surface area contributed by atoms with Crippen LogP contribution in [-0.4, -0.2) is 27.6 Å². The maximum atomic E-state index is 12.1. The zero-order valence-electron chi connectivity index (χ0n) is 9.76. The molecule has 0 saturated carbocycles. The summed E-state index contributed by atoms with van der Waals surface area (Å²) in [6.45, 7) is -0.571. The number of halogens is 2. The van der Waals surface area contributed by atoms with Crippen LogP contribution in [0.3, 0.4) is 0 Å². The van der Waals surface area contributed by atoms with Gasteiger partial charge in [-0.25, -0.2) is 0 Å². The second-order valence-electron chi connectivity index (χ2n) is 3.78. The van der Waals surface area contributed by atoms with Gasteiger partial charge in [0.15, 0.2) is 0 Å². The predicted molar refractivity (Wildman–Crippen MR) is 81.3 cm³/mol. The Kier molecular flexibility index (Phi) is 4.70. The lowest BCUT2D eigenvalue weighted by atomic mass is 10.2. The van der Waals surface area contributed by atoms with Crippen LogP contribution in [0.2, 0.25) is 10.0 Å². The molecule has 1 amide bonds. The van der Waals surface area contributed by atoms with Crippen molar-refractivity contribution < 1.29 is 14.7 Å². The van der Waals surface area contributed by atoms with Crippen LogP contribution < -0.4 is 5.11 Å². The van der Waals surface area contributed by atoms with Crippen molar-refractivity contribution in [1.29, 1.82) is 0 Å². The first-order chi connectivity index (χ1) is 9.40. The van der Waals surface area contributed by atoms with Crippen LogP contribution >= 0.6 is 47.2 Å².